The van der Waals surface area contributed by atoms with Gasteiger partial charge in [0.2, 0.25) is 0 Å². The van der Waals surface area contributed by atoms with Crippen LogP contribution >= 0.6 is 11.6 Å². The normalized spacial score (nSPS) is 16.6. The molecule has 3 N–H and O–H groups in total. The van der Waals surface area contributed by atoms with E-state index in [0.29, 0.717) is 34.1 Å². The van der Waals surface area contributed by atoms with E-state index in [1.165, 1.54) is 11.1 Å². The number of ether oxygens (including phenoxy) is 1. The van der Waals surface area contributed by atoms with Crippen LogP contribution in [-0.4, -0.2) is 52.4 Å². The summed E-state index contributed by atoms with van der Waals surface area (Å²) in [7, 11) is 0. The molecule has 3 aromatic carbocycles. The SMILES string of the molecule is OC(COc1ccc(C(O)(c2ccc(Cl)cc2)c2ccc[nH]2)cc1)CN1CC=C(c2ccccc2)CC1. The largest absolute Gasteiger partial charge is 0.491 e. The van der Waals surface area contributed by atoms with Crippen molar-refractivity contribution >= 4 is 17.2 Å². The smallest absolute Gasteiger partial charge is 0.155 e. The number of rotatable bonds is 9. The van der Waals surface area contributed by atoms with E-state index in [1.807, 2.05) is 54.6 Å². The molecule has 2 atom stereocenters. The summed E-state index contributed by atoms with van der Waals surface area (Å²) in [5.41, 5.74) is 3.32. The number of aliphatic hydroxyl groups excluding tert-OH is 1. The van der Waals surface area contributed by atoms with Gasteiger partial charge in [0.1, 0.15) is 18.5 Å². The molecule has 0 aliphatic carbocycles. The zero-order valence-electron chi connectivity index (χ0n) is 20.6. The Morgan fingerprint density at radius 1 is 0.919 bits per heavy atom. The number of nitrogens with zero attached hydrogens (tertiary/aromatic N) is 1. The molecule has 2 heterocycles. The van der Waals surface area contributed by atoms with E-state index in [1.54, 1.807) is 18.3 Å². The molecule has 37 heavy (non-hydrogen) atoms. The highest BCUT2D eigenvalue weighted by Gasteiger charge is 2.34. The summed E-state index contributed by atoms with van der Waals surface area (Å²) in [4.78, 5) is 5.38. The van der Waals surface area contributed by atoms with E-state index in [-0.39, 0.29) is 6.61 Å². The fraction of sp³-hybridized carbons (Fsp3) is 0.226. The van der Waals surface area contributed by atoms with E-state index >= 15 is 0 Å². The van der Waals surface area contributed by atoms with Gasteiger partial charge < -0.3 is 19.9 Å². The van der Waals surface area contributed by atoms with Crippen molar-refractivity contribution in [2.75, 3.05) is 26.2 Å². The predicted octanol–water partition coefficient (Wildman–Crippen LogP) is 5.48. The fourth-order valence-corrected chi connectivity index (χ4v) is 4.98. The zero-order valence-corrected chi connectivity index (χ0v) is 21.3. The van der Waals surface area contributed by atoms with Crippen LogP contribution in [0.15, 0.2) is 103 Å². The number of aliphatic hydroxyl groups is 2. The molecule has 4 aromatic rings. The first-order chi connectivity index (χ1) is 18.0. The maximum absolute atomic E-state index is 11.8. The van der Waals surface area contributed by atoms with Crippen LogP contribution in [0.1, 0.15) is 28.8 Å². The Morgan fingerprint density at radius 2 is 1.62 bits per heavy atom. The fourth-order valence-electron chi connectivity index (χ4n) is 4.85. The summed E-state index contributed by atoms with van der Waals surface area (Å²) in [5, 5.41) is 23.0. The Kier molecular flexibility index (Phi) is 7.77. The van der Waals surface area contributed by atoms with Crippen LogP contribution in [0.5, 0.6) is 5.75 Å². The van der Waals surface area contributed by atoms with Crippen LogP contribution in [0.2, 0.25) is 5.02 Å². The number of H-pyrrole nitrogens is 1. The monoisotopic (exact) mass is 514 g/mol. The van der Waals surface area contributed by atoms with Crippen LogP contribution in [0.25, 0.3) is 5.57 Å². The van der Waals surface area contributed by atoms with Gasteiger partial charge in [-0.05, 0) is 65.1 Å². The van der Waals surface area contributed by atoms with Gasteiger partial charge in [0.15, 0.2) is 5.60 Å². The second-order valence-electron chi connectivity index (χ2n) is 9.40. The van der Waals surface area contributed by atoms with Crippen molar-refractivity contribution in [1.29, 1.82) is 0 Å². The van der Waals surface area contributed by atoms with Crippen molar-refractivity contribution in [1.82, 2.24) is 9.88 Å². The van der Waals surface area contributed by atoms with Crippen LogP contribution in [0.3, 0.4) is 0 Å². The molecule has 190 valence electrons. The van der Waals surface area contributed by atoms with Crippen molar-refractivity contribution in [3.63, 3.8) is 0 Å². The summed E-state index contributed by atoms with van der Waals surface area (Å²) in [6.45, 7) is 2.48. The average Bonchev–Trinajstić information content (AvgIpc) is 3.49. The quantitative estimate of drug-likeness (QED) is 0.276. The lowest BCUT2D eigenvalue weighted by Gasteiger charge is -2.29. The standard InChI is InChI=1S/C31H31ClN2O3/c32-27-12-8-25(9-13-27)31(36,30-7-4-18-33-30)26-10-14-29(15-11-26)37-22-28(35)21-34-19-16-24(17-20-34)23-5-2-1-3-6-23/h1-16,18,28,33,35-36H,17,19-22H2. The lowest BCUT2D eigenvalue weighted by molar-refractivity contribution is 0.0716. The second-order valence-corrected chi connectivity index (χ2v) is 9.83. The number of benzene rings is 3. The molecule has 2 unspecified atom stereocenters. The predicted molar refractivity (Wildman–Crippen MR) is 148 cm³/mol. The highest BCUT2D eigenvalue weighted by Crippen LogP contribution is 2.37. The third-order valence-corrected chi connectivity index (χ3v) is 7.12. The van der Waals surface area contributed by atoms with E-state index in [9.17, 15) is 10.2 Å². The minimum absolute atomic E-state index is 0.198. The van der Waals surface area contributed by atoms with Crippen molar-refractivity contribution in [2.24, 2.45) is 0 Å². The first-order valence-electron chi connectivity index (χ1n) is 12.5. The molecule has 6 heteroatoms. The van der Waals surface area contributed by atoms with Gasteiger partial charge in [-0.2, -0.15) is 0 Å². The molecular weight excluding hydrogens is 484 g/mol. The number of nitrogens with one attached hydrogen (secondary N) is 1. The van der Waals surface area contributed by atoms with Gasteiger partial charge in [-0.3, -0.25) is 4.90 Å². The van der Waals surface area contributed by atoms with Gasteiger partial charge in [0.25, 0.3) is 0 Å². The number of β-amino-alcohol motifs (C(OH)–C–C–N with tert-alkyl or cyclic N) is 1. The van der Waals surface area contributed by atoms with Crippen LogP contribution in [0, 0.1) is 0 Å². The highest BCUT2D eigenvalue weighted by atomic mass is 35.5. The molecular formula is C31H31ClN2O3. The lowest BCUT2D eigenvalue weighted by Crippen LogP contribution is -2.38. The molecule has 1 aromatic heterocycles. The molecule has 5 rings (SSSR count). The zero-order chi connectivity index (χ0) is 25.7. The number of hydrogen-bond donors (Lipinski definition) is 3. The molecule has 0 saturated heterocycles. The van der Waals surface area contributed by atoms with Crippen molar-refractivity contribution < 1.29 is 14.9 Å². The number of halogens is 1. The van der Waals surface area contributed by atoms with Crippen molar-refractivity contribution in [3.05, 3.63) is 131 Å². The van der Waals surface area contributed by atoms with E-state index in [0.717, 1.165) is 19.5 Å². The lowest BCUT2D eigenvalue weighted by atomic mass is 9.83. The summed E-state index contributed by atoms with van der Waals surface area (Å²) >= 11 is 6.07. The van der Waals surface area contributed by atoms with E-state index < -0.39 is 11.7 Å². The summed E-state index contributed by atoms with van der Waals surface area (Å²) in [6.07, 6.45) is 4.40. The first-order valence-corrected chi connectivity index (χ1v) is 12.9. The van der Waals surface area contributed by atoms with Gasteiger partial charge in [-0.15, -0.1) is 0 Å². The van der Waals surface area contributed by atoms with Gasteiger partial charge in [-0.25, -0.2) is 0 Å². The third-order valence-electron chi connectivity index (χ3n) is 6.87. The molecule has 0 radical (unpaired) electrons. The van der Waals surface area contributed by atoms with E-state index in [4.69, 9.17) is 16.3 Å². The Hall–Kier alpha value is -3.35. The Bertz CT molecular complexity index is 1310. The van der Waals surface area contributed by atoms with Gasteiger partial charge in [0.05, 0.1) is 5.69 Å². The number of aromatic amines is 1. The van der Waals surface area contributed by atoms with Crippen LogP contribution in [0.4, 0.5) is 0 Å². The van der Waals surface area contributed by atoms with E-state index in [2.05, 4.69) is 40.2 Å². The molecule has 0 spiro atoms. The number of aromatic nitrogens is 1. The third kappa shape index (κ3) is 5.81. The average molecular weight is 515 g/mol. The van der Waals surface area contributed by atoms with Crippen molar-refractivity contribution in [2.45, 2.75) is 18.1 Å². The van der Waals surface area contributed by atoms with Crippen molar-refractivity contribution in [3.8, 4) is 5.75 Å². The molecule has 0 bridgehead atoms. The van der Waals surface area contributed by atoms with Gasteiger partial charge >= 0.3 is 0 Å². The van der Waals surface area contributed by atoms with Crippen LogP contribution < -0.4 is 4.74 Å². The van der Waals surface area contributed by atoms with Gasteiger partial charge in [-0.1, -0.05) is 72.3 Å². The molecule has 0 saturated carbocycles. The molecule has 5 nitrogen and oxygen atoms in total. The first kappa shape index (κ1) is 25.3. The maximum atomic E-state index is 11.8. The number of hydrogen-bond acceptors (Lipinski definition) is 4. The Balaban J connectivity index is 1.20. The molecule has 0 amide bonds. The maximum Gasteiger partial charge on any atom is 0.155 e. The summed E-state index contributed by atoms with van der Waals surface area (Å²) in [6, 6.07) is 28.7. The molecule has 1 aliphatic rings. The highest BCUT2D eigenvalue weighted by molar-refractivity contribution is 6.30. The Morgan fingerprint density at radius 3 is 2.24 bits per heavy atom. The van der Waals surface area contributed by atoms with Crippen LogP contribution in [-0.2, 0) is 5.60 Å². The summed E-state index contributed by atoms with van der Waals surface area (Å²) < 4.78 is 5.88. The second kappa shape index (κ2) is 11.4. The van der Waals surface area contributed by atoms with Gasteiger partial charge in [0, 0.05) is 30.9 Å². The summed E-state index contributed by atoms with van der Waals surface area (Å²) in [5.74, 6) is 0.637. The topological polar surface area (TPSA) is 68.7 Å². The minimum Gasteiger partial charge on any atom is -0.491 e. The molecule has 1 aliphatic heterocycles. The molecule has 0 fully saturated rings. The Labute approximate surface area is 222 Å². The minimum atomic E-state index is -1.37.